The fourth-order valence-electron chi connectivity index (χ4n) is 1.99. The van der Waals surface area contributed by atoms with Crippen molar-refractivity contribution < 1.29 is 9.47 Å². The molecule has 5 heteroatoms. The minimum Gasteiger partial charge on any atom is -0.491 e. The molecule has 2 aromatic carbocycles. The summed E-state index contributed by atoms with van der Waals surface area (Å²) in [6, 6.07) is 13.3. The molecule has 0 amide bonds. The van der Waals surface area contributed by atoms with Crippen LogP contribution in [0.2, 0.25) is 5.02 Å². The van der Waals surface area contributed by atoms with Gasteiger partial charge in [-0.15, -0.1) is 0 Å². The summed E-state index contributed by atoms with van der Waals surface area (Å²) in [7, 11) is 1.65. The molecule has 3 nitrogen and oxygen atoms in total. The zero-order chi connectivity index (χ0) is 15.2. The minimum atomic E-state index is -0.279. The van der Waals surface area contributed by atoms with E-state index in [2.05, 4.69) is 22.6 Å². The monoisotopic (exact) mass is 417 g/mol. The van der Waals surface area contributed by atoms with Crippen molar-refractivity contribution in [2.75, 3.05) is 20.3 Å². The number of halogens is 2. The Morgan fingerprint density at radius 3 is 2.67 bits per heavy atom. The van der Waals surface area contributed by atoms with Gasteiger partial charge in [-0.2, -0.15) is 0 Å². The fourth-order valence-corrected chi connectivity index (χ4v) is 2.51. The number of hydrogen-bond donors (Lipinski definition) is 1. The molecule has 0 aliphatic heterocycles. The lowest BCUT2D eigenvalue weighted by atomic mass is 9.99. The second-order valence-electron chi connectivity index (χ2n) is 4.53. The highest BCUT2D eigenvalue weighted by molar-refractivity contribution is 14.1. The van der Waals surface area contributed by atoms with Gasteiger partial charge in [-0.05, 0) is 46.4 Å². The molecule has 0 aromatic heterocycles. The molecule has 0 aliphatic carbocycles. The summed E-state index contributed by atoms with van der Waals surface area (Å²) in [6.07, 6.45) is 0. The Balaban J connectivity index is 2.25. The van der Waals surface area contributed by atoms with Crippen LogP contribution in [0.1, 0.15) is 17.2 Å². The molecule has 2 aromatic rings. The van der Waals surface area contributed by atoms with Gasteiger partial charge in [0.05, 0.1) is 17.7 Å². The van der Waals surface area contributed by atoms with E-state index >= 15 is 0 Å². The Morgan fingerprint density at radius 1 is 1.19 bits per heavy atom. The number of hydrogen-bond acceptors (Lipinski definition) is 3. The van der Waals surface area contributed by atoms with Gasteiger partial charge in [-0.25, -0.2) is 0 Å². The van der Waals surface area contributed by atoms with E-state index in [0.717, 1.165) is 20.4 Å². The van der Waals surface area contributed by atoms with Gasteiger partial charge in [0, 0.05) is 16.2 Å². The maximum atomic E-state index is 6.37. The number of para-hydroxylation sites is 1. The van der Waals surface area contributed by atoms with Crippen molar-refractivity contribution in [2.24, 2.45) is 5.73 Å². The molecule has 0 fully saturated rings. The molecule has 0 aliphatic rings. The van der Waals surface area contributed by atoms with Gasteiger partial charge in [0.2, 0.25) is 0 Å². The van der Waals surface area contributed by atoms with Crippen LogP contribution >= 0.6 is 34.2 Å². The van der Waals surface area contributed by atoms with E-state index in [1.165, 1.54) is 0 Å². The van der Waals surface area contributed by atoms with Crippen LogP contribution < -0.4 is 10.5 Å². The van der Waals surface area contributed by atoms with E-state index in [9.17, 15) is 0 Å². The van der Waals surface area contributed by atoms with E-state index in [4.69, 9.17) is 26.8 Å². The largest absolute Gasteiger partial charge is 0.491 e. The highest BCUT2D eigenvalue weighted by Crippen LogP contribution is 2.30. The number of ether oxygens (including phenoxy) is 2. The van der Waals surface area contributed by atoms with Crippen molar-refractivity contribution in [1.29, 1.82) is 0 Å². The molecule has 0 saturated heterocycles. The molecule has 0 radical (unpaired) electrons. The number of benzene rings is 2. The van der Waals surface area contributed by atoms with Gasteiger partial charge < -0.3 is 15.2 Å². The first-order chi connectivity index (χ1) is 10.1. The molecule has 0 saturated carbocycles. The summed E-state index contributed by atoms with van der Waals surface area (Å²) in [4.78, 5) is 0. The first-order valence-corrected chi connectivity index (χ1v) is 8.00. The lowest BCUT2D eigenvalue weighted by molar-refractivity contribution is 0.145. The van der Waals surface area contributed by atoms with Crippen LogP contribution in [0.25, 0.3) is 0 Å². The summed E-state index contributed by atoms with van der Waals surface area (Å²) in [5.41, 5.74) is 8.27. The molecule has 1 atom stereocenters. The average molecular weight is 418 g/mol. The van der Waals surface area contributed by atoms with Crippen molar-refractivity contribution in [3.05, 3.63) is 62.2 Å². The highest BCUT2D eigenvalue weighted by Gasteiger charge is 2.15. The van der Waals surface area contributed by atoms with Gasteiger partial charge in [0.15, 0.2) is 0 Å². The number of nitrogens with two attached hydrogens (primary N) is 1. The van der Waals surface area contributed by atoms with Crippen LogP contribution in [-0.4, -0.2) is 20.3 Å². The van der Waals surface area contributed by atoms with Gasteiger partial charge in [-0.1, -0.05) is 35.9 Å². The molecule has 0 bridgehead atoms. The molecule has 2 rings (SSSR count). The predicted molar refractivity (Wildman–Crippen MR) is 94.0 cm³/mol. The van der Waals surface area contributed by atoms with Crippen LogP contribution in [0.3, 0.4) is 0 Å². The summed E-state index contributed by atoms with van der Waals surface area (Å²) in [5.74, 6) is 0.775. The second-order valence-corrected chi connectivity index (χ2v) is 6.10. The predicted octanol–water partition coefficient (Wildman–Crippen LogP) is 4.02. The Bertz CT molecular complexity index is 607. The SMILES string of the molecule is COCCOc1ccccc1C(N)c1ccc(I)c(Cl)c1. The maximum Gasteiger partial charge on any atom is 0.124 e. The van der Waals surface area contributed by atoms with E-state index < -0.39 is 0 Å². The third-order valence-electron chi connectivity index (χ3n) is 3.10. The first kappa shape index (κ1) is 16.5. The molecule has 1 unspecified atom stereocenters. The topological polar surface area (TPSA) is 44.5 Å². The van der Waals surface area contributed by atoms with Gasteiger partial charge >= 0.3 is 0 Å². The van der Waals surface area contributed by atoms with E-state index in [1.807, 2.05) is 42.5 Å². The molecule has 2 N–H and O–H groups in total. The van der Waals surface area contributed by atoms with Crippen molar-refractivity contribution in [2.45, 2.75) is 6.04 Å². The first-order valence-electron chi connectivity index (χ1n) is 6.54. The zero-order valence-corrected chi connectivity index (χ0v) is 14.6. The van der Waals surface area contributed by atoms with Crippen molar-refractivity contribution >= 4 is 34.2 Å². The summed E-state index contributed by atoms with van der Waals surface area (Å²) >= 11 is 8.37. The van der Waals surface area contributed by atoms with Crippen LogP contribution in [-0.2, 0) is 4.74 Å². The van der Waals surface area contributed by atoms with Gasteiger partial charge in [0.25, 0.3) is 0 Å². The second kappa shape index (κ2) is 7.98. The van der Waals surface area contributed by atoms with Crippen LogP contribution in [0, 0.1) is 3.57 Å². The van der Waals surface area contributed by atoms with Crippen LogP contribution in [0.15, 0.2) is 42.5 Å². The molecule has 0 heterocycles. The van der Waals surface area contributed by atoms with Gasteiger partial charge in [-0.3, -0.25) is 0 Å². The number of rotatable bonds is 6. The summed E-state index contributed by atoms with van der Waals surface area (Å²) in [6.45, 7) is 1.03. The normalized spacial score (nSPS) is 12.2. The van der Waals surface area contributed by atoms with Crippen molar-refractivity contribution in [3.8, 4) is 5.75 Å². The smallest absolute Gasteiger partial charge is 0.124 e. The third-order valence-corrected chi connectivity index (χ3v) is 4.67. The Morgan fingerprint density at radius 2 is 1.95 bits per heavy atom. The summed E-state index contributed by atoms with van der Waals surface area (Å²) < 4.78 is 11.7. The van der Waals surface area contributed by atoms with Gasteiger partial charge in [0.1, 0.15) is 12.4 Å². The molecular formula is C16H17ClINO2. The Kier molecular flexibility index (Phi) is 6.29. The third kappa shape index (κ3) is 4.32. The Hall–Kier alpha value is -0.820. The van der Waals surface area contributed by atoms with E-state index in [0.29, 0.717) is 18.2 Å². The quantitative estimate of drug-likeness (QED) is 0.570. The average Bonchev–Trinajstić information content (AvgIpc) is 2.50. The highest BCUT2D eigenvalue weighted by atomic mass is 127. The molecule has 21 heavy (non-hydrogen) atoms. The lowest BCUT2D eigenvalue weighted by Gasteiger charge is -2.17. The standard InChI is InChI=1S/C16H17ClINO2/c1-20-8-9-21-15-5-3-2-4-12(15)16(19)11-6-7-14(18)13(17)10-11/h2-7,10,16H,8-9,19H2,1H3. The minimum absolute atomic E-state index is 0.279. The van der Waals surface area contributed by atoms with Crippen LogP contribution in [0.5, 0.6) is 5.75 Å². The van der Waals surface area contributed by atoms with Crippen molar-refractivity contribution in [3.63, 3.8) is 0 Å². The zero-order valence-electron chi connectivity index (χ0n) is 11.7. The van der Waals surface area contributed by atoms with Crippen LogP contribution in [0.4, 0.5) is 0 Å². The molecule has 0 spiro atoms. The Labute approximate surface area is 143 Å². The lowest BCUT2D eigenvalue weighted by Crippen LogP contribution is -2.14. The van der Waals surface area contributed by atoms with E-state index in [1.54, 1.807) is 7.11 Å². The summed E-state index contributed by atoms with van der Waals surface area (Å²) in [5, 5.41) is 0.710. The fraction of sp³-hybridized carbons (Fsp3) is 0.250. The molecular weight excluding hydrogens is 401 g/mol. The molecule has 112 valence electrons. The van der Waals surface area contributed by atoms with Crippen molar-refractivity contribution in [1.82, 2.24) is 0 Å². The maximum absolute atomic E-state index is 6.37. The number of methoxy groups -OCH3 is 1. The van der Waals surface area contributed by atoms with E-state index in [-0.39, 0.29) is 6.04 Å².